The lowest BCUT2D eigenvalue weighted by atomic mass is 10.1. The zero-order chi connectivity index (χ0) is 15.8. The first-order chi connectivity index (χ1) is 9.70. The predicted molar refractivity (Wildman–Crippen MR) is 76.4 cm³/mol. The third-order valence-corrected chi connectivity index (χ3v) is 4.98. The highest BCUT2D eigenvalue weighted by molar-refractivity contribution is 9.10. The Kier molecular flexibility index (Phi) is 4.64. The fourth-order valence-corrected chi connectivity index (χ4v) is 3.36. The summed E-state index contributed by atoms with van der Waals surface area (Å²) in [6.07, 6.45) is 1.08. The summed E-state index contributed by atoms with van der Waals surface area (Å²) in [6, 6.07) is 2.03. The van der Waals surface area contributed by atoms with E-state index in [0.29, 0.717) is 0 Å². The largest absolute Gasteiger partial charge is 0.336 e. The Labute approximate surface area is 129 Å². The van der Waals surface area contributed by atoms with Crippen LogP contribution in [0.4, 0.5) is 8.78 Å². The number of amides is 1. The van der Waals surface area contributed by atoms with Crippen LogP contribution in [-0.2, 0) is 10.0 Å². The van der Waals surface area contributed by atoms with Crippen LogP contribution in [0.5, 0.6) is 0 Å². The van der Waals surface area contributed by atoms with E-state index in [4.69, 9.17) is 0 Å². The van der Waals surface area contributed by atoms with Crippen LogP contribution in [0.15, 0.2) is 16.6 Å². The van der Waals surface area contributed by atoms with Gasteiger partial charge in [-0.25, -0.2) is 17.2 Å². The van der Waals surface area contributed by atoms with Gasteiger partial charge in [0.25, 0.3) is 5.91 Å². The van der Waals surface area contributed by atoms with Gasteiger partial charge in [0, 0.05) is 30.7 Å². The second kappa shape index (κ2) is 5.98. The maximum atomic E-state index is 13.8. The third-order valence-electron chi connectivity index (χ3n) is 3.22. The van der Waals surface area contributed by atoms with Crippen LogP contribution in [-0.4, -0.2) is 56.0 Å². The Bertz CT molecular complexity index is 650. The molecule has 0 unspecified atom stereocenters. The number of hydrogen-bond acceptors (Lipinski definition) is 3. The minimum absolute atomic E-state index is 0.0981. The average Bonchev–Trinajstić information content (AvgIpc) is 2.36. The molecule has 1 amide bonds. The van der Waals surface area contributed by atoms with Crippen molar-refractivity contribution in [1.29, 1.82) is 0 Å². The lowest BCUT2D eigenvalue weighted by Crippen LogP contribution is -2.50. The minimum Gasteiger partial charge on any atom is -0.336 e. The normalized spacial score (nSPS) is 17.0. The van der Waals surface area contributed by atoms with Crippen LogP contribution < -0.4 is 0 Å². The van der Waals surface area contributed by atoms with Crippen molar-refractivity contribution in [2.45, 2.75) is 0 Å². The van der Waals surface area contributed by atoms with Gasteiger partial charge in [-0.3, -0.25) is 4.79 Å². The van der Waals surface area contributed by atoms with Crippen LogP contribution >= 0.6 is 15.9 Å². The Hall–Kier alpha value is -1.06. The molecule has 0 aromatic heterocycles. The highest BCUT2D eigenvalue weighted by Gasteiger charge is 2.29. The van der Waals surface area contributed by atoms with Crippen molar-refractivity contribution in [1.82, 2.24) is 9.21 Å². The average molecular weight is 383 g/mol. The number of nitrogens with zero attached hydrogens (tertiary/aromatic N) is 2. The van der Waals surface area contributed by atoms with Gasteiger partial charge in [-0.15, -0.1) is 0 Å². The lowest BCUT2D eigenvalue weighted by molar-refractivity contribution is 0.0688. The number of carbonyl (C=O) groups is 1. The van der Waals surface area contributed by atoms with Crippen molar-refractivity contribution >= 4 is 31.9 Å². The fraction of sp³-hybridized carbons (Fsp3) is 0.417. The number of carbonyl (C=O) groups excluding carboxylic acids is 1. The SMILES string of the molecule is CS(=O)(=O)N1CCN(C(=O)c2c(F)cc(Br)cc2F)CC1. The maximum absolute atomic E-state index is 13.8. The second-order valence-electron chi connectivity index (χ2n) is 4.70. The Balaban J connectivity index is 2.17. The molecule has 1 aliphatic rings. The molecular weight excluding hydrogens is 370 g/mol. The molecule has 0 aliphatic carbocycles. The van der Waals surface area contributed by atoms with E-state index < -0.39 is 33.1 Å². The van der Waals surface area contributed by atoms with E-state index in [9.17, 15) is 22.0 Å². The van der Waals surface area contributed by atoms with E-state index >= 15 is 0 Å². The molecule has 9 heteroatoms. The van der Waals surface area contributed by atoms with E-state index in [0.717, 1.165) is 18.4 Å². The first kappa shape index (κ1) is 16.3. The van der Waals surface area contributed by atoms with Gasteiger partial charge in [-0.1, -0.05) is 15.9 Å². The van der Waals surface area contributed by atoms with Crippen molar-refractivity contribution < 1.29 is 22.0 Å². The first-order valence-corrected chi connectivity index (χ1v) is 8.73. The van der Waals surface area contributed by atoms with Crippen molar-refractivity contribution in [3.63, 3.8) is 0 Å². The number of halogens is 3. The molecule has 0 radical (unpaired) electrons. The summed E-state index contributed by atoms with van der Waals surface area (Å²) in [5, 5.41) is 0. The number of benzene rings is 1. The molecule has 0 N–H and O–H groups in total. The summed E-state index contributed by atoms with van der Waals surface area (Å²) >= 11 is 2.94. The molecular formula is C12H13BrF2N2O3S. The summed E-state index contributed by atoms with van der Waals surface area (Å²) in [5.41, 5.74) is -0.619. The number of piperazine rings is 1. The van der Waals surface area contributed by atoms with Gasteiger partial charge in [0.2, 0.25) is 10.0 Å². The van der Waals surface area contributed by atoms with Crippen molar-refractivity contribution in [2.75, 3.05) is 32.4 Å². The van der Waals surface area contributed by atoms with Crippen LogP contribution in [0.25, 0.3) is 0 Å². The monoisotopic (exact) mass is 382 g/mol. The van der Waals surface area contributed by atoms with Crippen LogP contribution in [0.2, 0.25) is 0 Å². The Morgan fingerprint density at radius 1 is 1.14 bits per heavy atom. The van der Waals surface area contributed by atoms with Gasteiger partial charge >= 0.3 is 0 Å². The van der Waals surface area contributed by atoms with E-state index in [1.165, 1.54) is 9.21 Å². The van der Waals surface area contributed by atoms with Gasteiger partial charge in [0.1, 0.15) is 17.2 Å². The molecule has 5 nitrogen and oxygen atoms in total. The van der Waals surface area contributed by atoms with Crippen molar-refractivity contribution in [3.8, 4) is 0 Å². The Morgan fingerprint density at radius 3 is 2.05 bits per heavy atom. The first-order valence-electron chi connectivity index (χ1n) is 6.09. The van der Waals surface area contributed by atoms with E-state index in [-0.39, 0.29) is 30.7 Å². The molecule has 1 fully saturated rings. The van der Waals surface area contributed by atoms with Crippen LogP contribution in [0.1, 0.15) is 10.4 Å². The van der Waals surface area contributed by atoms with Gasteiger partial charge in [0.05, 0.1) is 6.26 Å². The van der Waals surface area contributed by atoms with Gasteiger partial charge in [-0.2, -0.15) is 4.31 Å². The van der Waals surface area contributed by atoms with Crippen molar-refractivity contribution in [2.24, 2.45) is 0 Å². The number of rotatable bonds is 2. The molecule has 1 aromatic rings. The summed E-state index contributed by atoms with van der Waals surface area (Å²) in [4.78, 5) is 13.4. The maximum Gasteiger partial charge on any atom is 0.259 e. The van der Waals surface area contributed by atoms with Crippen LogP contribution in [0.3, 0.4) is 0 Å². The van der Waals surface area contributed by atoms with E-state index in [1.54, 1.807) is 0 Å². The second-order valence-corrected chi connectivity index (χ2v) is 7.60. The topological polar surface area (TPSA) is 57.7 Å². The Morgan fingerprint density at radius 2 is 1.62 bits per heavy atom. The quantitative estimate of drug-likeness (QED) is 0.777. The fourth-order valence-electron chi connectivity index (χ4n) is 2.13. The molecule has 1 saturated heterocycles. The lowest BCUT2D eigenvalue weighted by Gasteiger charge is -2.33. The molecule has 1 aromatic carbocycles. The third kappa shape index (κ3) is 3.58. The highest BCUT2D eigenvalue weighted by Crippen LogP contribution is 2.21. The number of hydrogen-bond donors (Lipinski definition) is 0. The standard InChI is InChI=1S/C12H13BrF2N2O3S/c1-21(19,20)17-4-2-16(3-5-17)12(18)11-9(14)6-8(13)7-10(11)15/h6-7H,2-5H2,1H3. The highest BCUT2D eigenvalue weighted by atomic mass is 79.9. The zero-order valence-corrected chi connectivity index (χ0v) is 13.5. The zero-order valence-electron chi connectivity index (χ0n) is 11.1. The van der Waals surface area contributed by atoms with Crippen molar-refractivity contribution in [3.05, 3.63) is 33.8 Å². The molecule has 0 spiro atoms. The smallest absolute Gasteiger partial charge is 0.259 e. The minimum atomic E-state index is -3.32. The molecule has 1 aliphatic heterocycles. The molecule has 21 heavy (non-hydrogen) atoms. The number of sulfonamides is 1. The summed E-state index contributed by atoms with van der Waals surface area (Å²) in [6.45, 7) is 0.427. The molecule has 0 saturated carbocycles. The van der Waals surface area contributed by atoms with E-state index in [2.05, 4.69) is 15.9 Å². The molecule has 0 bridgehead atoms. The molecule has 116 valence electrons. The molecule has 2 rings (SSSR count). The summed E-state index contributed by atoms with van der Waals surface area (Å²) < 4.78 is 51.7. The summed E-state index contributed by atoms with van der Waals surface area (Å²) in [5.74, 6) is -2.67. The predicted octanol–water partition coefficient (Wildman–Crippen LogP) is 1.44. The van der Waals surface area contributed by atoms with Gasteiger partial charge < -0.3 is 4.90 Å². The van der Waals surface area contributed by atoms with Crippen LogP contribution in [0, 0.1) is 11.6 Å². The summed E-state index contributed by atoms with van der Waals surface area (Å²) in [7, 11) is -3.32. The molecule has 0 atom stereocenters. The van der Waals surface area contributed by atoms with Gasteiger partial charge in [0.15, 0.2) is 0 Å². The van der Waals surface area contributed by atoms with Gasteiger partial charge in [-0.05, 0) is 12.1 Å². The van der Waals surface area contributed by atoms with E-state index in [1.807, 2.05) is 0 Å². The molecule has 1 heterocycles.